The first kappa shape index (κ1) is 24.1. The van der Waals surface area contributed by atoms with Gasteiger partial charge in [-0.2, -0.15) is 4.31 Å². The van der Waals surface area contributed by atoms with Crippen molar-refractivity contribution in [1.29, 1.82) is 0 Å². The zero-order valence-electron chi connectivity index (χ0n) is 18.8. The third-order valence-corrected chi connectivity index (χ3v) is 8.72. The number of nitrogens with one attached hydrogen (secondary N) is 1. The monoisotopic (exact) mass is 499 g/mol. The van der Waals surface area contributed by atoms with Crippen LogP contribution in [0.4, 0.5) is 5.00 Å². The number of carbonyl (C=O) groups is 2. The second-order valence-corrected chi connectivity index (χ2v) is 11.0. The fourth-order valence-electron chi connectivity index (χ4n) is 3.94. The molecule has 2 aromatic carbocycles. The van der Waals surface area contributed by atoms with Crippen LogP contribution in [-0.2, 0) is 14.8 Å². The topological polar surface area (TPSA) is 119 Å². The highest BCUT2D eigenvalue weighted by Crippen LogP contribution is 2.39. The lowest BCUT2D eigenvalue weighted by atomic mass is 10.0. The Bertz CT molecular complexity index is 1340. The minimum Gasteiger partial charge on any atom is -0.379 e. The number of sulfonamides is 1. The maximum absolute atomic E-state index is 13.2. The van der Waals surface area contributed by atoms with E-state index in [1.165, 1.54) is 21.7 Å². The molecule has 0 saturated carbocycles. The Hall–Kier alpha value is -3.05. The number of thiophene rings is 1. The van der Waals surface area contributed by atoms with E-state index in [-0.39, 0.29) is 29.1 Å². The predicted molar refractivity (Wildman–Crippen MR) is 132 cm³/mol. The molecule has 2 heterocycles. The molecule has 1 aliphatic heterocycles. The molecule has 3 aromatic rings. The lowest BCUT2D eigenvalue weighted by molar-refractivity contribution is 0.0730. The molecule has 0 aliphatic carbocycles. The Morgan fingerprint density at radius 3 is 2.38 bits per heavy atom. The first-order valence-electron chi connectivity index (χ1n) is 10.7. The molecule has 4 rings (SSSR count). The highest BCUT2D eigenvalue weighted by atomic mass is 32.2. The number of nitrogens with zero attached hydrogens (tertiary/aromatic N) is 1. The summed E-state index contributed by atoms with van der Waals surface area (Å²) in [4.78, 5) is 26.4. The zero-order chi connectivity index (χ0) is 24.5. The first-order chi connectivity index (χ1) is 16.2. The normalized spacial score (nSPS) is 14.6. The smallest absolute Gasteiger partial charge is 0.256 e. The number of hydrogen-bond donors (Lipinski definition) is 2. The third kappa shape index (κ3) is 4.62. The van der Waals surface area contributed by atoms with Gasteiger partial charge >= 0.3 is 0 Å². The van der Waals surface area contributed by atoms with Crippen molar-refractivity contribution in [2.75, 3.05) is 31.6 Å². The van der Waals surface area contributed by atoms with Crippen LogP contribution in [0.2, 0.25) is 0 Å². The van der Waals surface area contributed by atoms with Crippen molar-refractivity contribution in [1.82, 2.24) is 4.31 Å². The van der Waals surface area contributed by atoms with Gasteiger partial charge in [0.2, 0.25) is 10.0 Å². The van der Waals surface area contributed by atoms with E-state index in [1.807, 2.05) is 37.3 Å². The molecule has 0 atom stereocenters. The largest absolute Gasteiger partial charge is 0.379 e. The number of rotatable bonds is 6. The van der Waals surface area contributed by atoms with Crippen molar-refractivity contribution in [2.45, 2.75) is 18.7 Å². The molecule has 0 bridgehead atoms. The summed E-state index contributed by atoms with van der Waals surface area (Å²) in [7, 11) is -3.78. The van der Waals surface area contributed by atoms with E-state index in [0.29, 0.717) is 29.3 Å². The van der Waals surface area contributed by atoms with Gasteiger partial charge in [-0.3, -0.25) is 9.59 Å². The zero-order valence-corrected chi connectivity index (χ0v) is 20.5. The molecule has 0 unspecified atom stereocenters. The van der Waals surface area contributed by atoms with E-state index in [4.69, 9.17) is 10.5 Å². The van der Waals surface area contributed by atoms with E-state index in [0.717, 1.165) is 10.4 Å². The molecule has 1 aliphatic rings. The summed E-state index contributed by atoms with van der Waals surface area (Å²) < 4.78 is 33.0. The molecule has 8 nitrogen and oxygen atoms in total. The number of ether oxygens (including phenoxy) is 1. The van der Waals surface area contributed by atoms with Crippen molar-refractivity contribution in [3.63, 3.8) is 0 Å². The summed E-state index contributed by atoms with van der Waals surface area (Å²) in [5, 5.41) is 3.09. The lowest BCUT2D eigenvalue weighted by Crippen LogP contribution is -2.40. The Kier molecular flexibility index (Phi) is 6.85. The molecule has 2 amide bonds. The van der Waals surface area contributed by atoms with Crippen molar-refractivity contribution in [3.05, 3.63) is 70.1 Å². The second-order valence-electron chi connectivity index (χ2n) is 7.92. The molecule has 34 heavy (non-hydrogen) atoms. The molecule has 3 N–H and O–H groups in total. The van der Waals surface area contributed by atoms with E-state index >= 15 is 0 Å². The number of amides is 2. The molecule has 178 valence electrons. The Labute approximate surface area is 202 Å². The van der Waals surface area contributed by atoms with Gasteiger partial charge in [0.05, 0.1) is 23.7 Å². The number of benzene rings is 2. The SMILES string of the molecule is Cc1ccc(C(=O)Nc2sc(C)c(-c3ccccc3)c2C(N)=O)cc1S(=O)(=O)N1CCOCC1. The summed E-state index contributed by atoms with van der Waals surface area (Å²) >= 11 is 1.25. The van der Waals surface area contributed by atoms with Crippen LogP contribution in [-0.4, -0.2) is 50.8 Å². The Morgan fingerprint density at radius 2 is 1.74 bits per heavy atom. The van der Waals surface area contributed by atoms with Gasteiger partial charge in [0.25, 0.3) is 11.8 Å². The standard InChI is InChI=1S/C24H25N3O5S2/c1-15-8-9-18(14-19(15)34(30,31)27-10-12-32-13-11-27)23(29)26-24-21(22(25)28)20(16(2)33-24)17-6-4-3-5-7-17/h3-9,14H,10-13H2,1-2H3,(H2,25,28)(H,26,29). The lowest BCUT2D eigenvalue weighted by Gasteiger charge is -2.26. The molecule has 1 fully saturated rings. The fraction of sp³-hybridized carbons (Fsp3) is 0.250. The Balaban J connectivity index is 1.68. The number of primary amides is 1. The average molecular weight is 500 g/mol. The van der Waals surface area contributed by atoms with Crippen molar-refractivity contribution in [3.8, 4) is 11.1 Å². The van der Waals surface area contributed by atoms with Crippen LogP contribution in [0.15, 0.2) is 53.4 Å². The second kappa shape index (κ2) is 9.67. The van der Waals surface area contributed by atoms with Gasteiger partial charge in [0.1, 0.15) is 5.00 Å². The van der Waals surface area contributed by atoms with Crippen LogP contribution >= 0.6 is 11.3 Å². The minimum atomic E-state index is -3.78. The van der Waals surface area contributed by atoms with Crippen LogP contribution in [0.3, 0.4) is 0 Å². The minimum absolute atomic E-state index is 0.0736. The van der Waals surface area contributed by atoms with Crippen LogP contribution in [0, 0.1) is 13.8 Å². The van der Waals surface area contributed by atoms with Crippen molar-refractivity contribution < 1.29 is 22.7 Å². The predicted octanol–water partition coefficient (Wildman–Crippen LogP) is 3.40. The number of nitrogens with two attached hydrogens (primary N) is 1. The number of anilines is 1. The van der Waals surface area contributed by atoms with Gasteiger partial charge in [0.15, 0.2) is 0 Å². The molecule has 1 aromatic heterocycles. The highest BCUT2D eigenvalue weighted by molar-refractivity contribution is 7.89. The summed E-state index contributed by atoms with van der Waals surface area (Å²) in [5.41, 5.74) is 8.12. The molecule has 0 spiro atoms. The van der Waals surface area contributed by atoms with Crippen LogP contribution in [0.5, 0.6) is 0 Å². The number of morpholine rings is 1. The summed E-state index contributed by atoms with van der Waals surface area (Å²) in [6.45, 7) is 4.72. The Morgan fingerprint density at radius 1 is 1.06 bits per heavy atom. The quantitative estimate of drug-likeness (QED) is 0.539. The van der Waals surface area contributed by atoms with Crippen LogP contribution in [0.1, 0.15) is 31.2 Å². The third-order valence-electron chi connectivity index (χ3n) is 5.66. The fourth-order valence-corrected chi connectivity index (χ4v) is 6.68. The van der Waals surface area contributed by atoms with E-state index < -0.39 is 21.8 Å². The number of aryl methyl sites for hydroxylation is 2. The van der Waals surface area contributed by atoms with E-state index in [1.54, 1.807) is 19.1 Å². The summed E-state index contributed by atoms with van der Waals surface area (Å²) in [5.74, 6) is -1.18. The van der Waals surface area contributed by atoms with Gasteiger partial charge in [-0.05, 0) is 37.1 Å². The maximum atomic E-state index is 13.2. The van der Waals surface area contributed by atoms with Crippen molar-refractivity contribution >= 4 is 38.2 Å². The molecular formula is C24H25N3O5S2. The highest BCUT2D eigenvalue weighted by Gasteiger charge is 2.29. The van der Waals surface area contributed by atoms with Gasteiger partial charge < -0.3 is 15.8 Å². The summed E-state index contributed by atoms with van der Waals surface area (Å²) in [6, 6.07) is 13.9. The van der Waals surface area contributed by atoms with E-state index in [2.05, 4.69) is 5.32 Å². The molecule has 0 radical (unpaired) electrons. The van der Waals surface area contributed by atoms with Gasteiger partial charge in [-0.25, -0.2) is 8.42 Å². The van der Waals surface area contributed by atoms with Gasteiger partial charge in [-0.1, -0.05) is 36.4 Å². The summed E-state index contributed by atoms with van der Waals surface area (Å²) in [6.07, 6.45) is 0. The molecule has 10 heteroatoms. The molecule has 1 saturated heterocycles. The van der Waals surface area contributed by atoms with E-state index in [9.17, 15) is 18.0 Å². The van der Waals surface area contributed by atoms with Crippen LogP contribution in [0.25, 0.3) is 11.1 Å². The van der Waals surface area contributed by atoms with Crippen LogP contribution < -0.4 is 11.1 Å². The van der Waals surface area contributed by atoms with Gasteiger partial charge in [-0.15, -0.1) is 11.3 Å². The first-order valence-corrected chi connectivity index (χ1v) is 12.9. The maximum Gasteiger partial charge on any atom is 0.256 e. The van der Waals surface area contributed by atoms with Gasteiger partial charge in [0, 0.05) is 29.1 Å². The average Bonchev–Trinajstić information content (AvgIpc) is 3.16. The van der Waals surface area contributed by atoms with Crippen molar-refractivity contribution in [2.24, 2.45) is 5.73 Å². The molecular weight excluding hydrogens is 474 g/mol. The number of hydrogen-bond acceptors (Lipinski definition) is 6. The number of carbonyl (C=O) groups excluding carboxylic acids is 2.